The summed E-state index contributed by atoms with van der Waals surface area (Å²) in [6.45, 7) is 0. The molecule has 0 fully saturated rings. The molecule has 1 nitrogen and oxygen atoms in total. The molecular weight excluding hydrogens is 136 g/mol. The van der Waals surface area contributed by atoms with E-state index in [0.29, 0.717) is 0 Å². The summed E-state index contributed by atoms with van der Waals surface area (Å²) in [6, 6.07) is 12.7. The minimum absolute atomic E-state index is 1.11. The van der Waals surface area contributed by atoms with Crippen LogP contribution in [0.5, 0.6) is 0 Å². The molecule has 2 rings (SSSR count). The maximum atomic E-state index is 4.96. The van der Waals surface area contributed by atoms with Gasteiger partial charge >= 0.3 is 0 Å². The second-order valence-electron chi connectivity index (χ2n) is 2.30. The Morgan fingerprint density at radius 3 is 2.45 bits per heavy atom. The van der Waals surface area contributed by atoms with Crippen molar-refractivity contribution < 1.29 is 4.42 Å². The van der Waals surface area contributed by atoms with Gasteiger partial charge in [-0.2, -0.15) is 0 Å². The van der Waals surface area contributed by atoms with Gasteiger partial charge in [0.25, 0.3) is 0 Å². The highest BCUT2D eigenvalue weighted by Gasteiger charge is 1.94. The molecule has 0 aliphatic rings. The highest BCUT2D eigenvalue weighted by atomic mass is 16.3. The van der Waals surface area contributed by atoms with E-state index in [0.717, 1.165) is 11.1 Å². The first-order valence-corrected chi connectivity index (χ1v) is 3.45. The smallest absolute Gasteiger partial charge is 0.0980 e. The average Bonchev–Trinajstić information content (AvgIpc) is 2.58. The third-order valence-electron chi connectivity index (χ3n) is 1.57. The lowest BCUT2D eigenvalue weighted by molar-refractivity contribution is 0.568. The molecule has 0 saturated carbocycles. The summed E-state index contributed by atoms with van der Waals surface area (Å²) in [5.41, 5.74) is 2.27. The van der Waals surface area contributed by atoms with E-state index in [-0.39, 0.29) is 0 Å². The van der Waals surface area contributed by atoms with E-state index in [2.05, 4.69) is 6.07 Å². The Labute approximate surface area is 65.3 Å². The standard InChI is InChI=1S/C10H7O/c1-2-4-9(5-3-1)10-6-7-11-8-10/h2-8H. The quantitative estimate of drug-likeness (QED) is 0.598. The van der Waals surface area contributed by atoms with Crippen LogP contribution in [-0.4, -0.2) is 0 Å². The summed E-state index contributed by atoms with van der Waals surface area (Å²) in [4.78, 5) is 0. The van der Waals surface area contributed by atoms with Gasteiger partial charge in [0.15, 0.2) is 0 Å². The summed E-state index contributed by atoms with van der Waals surface area (Å²) in [5.74, 6) is 0. The lowest BCUT2D eigenvalue weighted by Crippen LogP contribution is -1.69. The van der Waals surface area contributed by atoms with E-state index < -0.39 is 0 Å². The molecule has 11 heavy (non-hydrogen) atoms. The van der Waals surface area contributed by atoms with Crippen LogP contribution in [0.3, 0.4) is 0 Å². The minimum atomic E-state index is 1.11. The van der Waals surface area contributed by atoms with Gasteiger partial charge < -0.3 is 4.42 Å². The van der Waals surface area contributed by atoms with Crippen molar-refractivity contribution in [2.75, 3.05) is 0 Å². The van der Waals surface area contributed by atoms with Crippen LogP contribution in [0.15, 0.2) is 47.3 Å². The van der Waals surface area contributed by atoms with Crippen LogP contribution in [0.25, 0.3) is 11.1 Å². The number of rotatable bonds is 1. The Morgan fingerprint density at radius 1 is 1.00 bits per heavy atom. The molecule has 0 amide bonds. The molecule has 1 heterocycles. The summed E-state index contributed by atoms with van der Waals surface area (Å²) in [7, 11) is 0. The monoisotopic (exact) mass is 143 g/mol. The fourth-order valence-electron chi connectivity index (χ4n) is 1.01. The molecule has 0 spiro atoms. The van der Waals surface area contributed by atoms with Gasteiger partial charge in [-0.1, -0.05) is 24.3 Å². The highest BCUT2D eigenvalue weighted by Crippen LogP contribution is 2.17. The molecule has 0 saturated heterocycles. The molecule has 1 radical (unpaired) electrons. The van der Waals surface area contributed by atoms with Crippen molar-refractivity contribution in [2.45, 2.75) is 0 Å². The highest BCUT2D eigenvalue weighted by molar-refractivity contribution is 5.61. The molecule has 0 N–H and O–H groups in total. The van der Waals surface area contributed by atoms with Crippen LogP contribution in [-0.2, 0) is 0 Å². The summed E-state index contributed by atoms with van der Waals surface area (Å²) in [5, 5.41) is 0. The number of hydrogen-bond donors (Lipinski definition) is 0. The molecule has 0 aliphatic heterocycles. The maximum Gasteiger partial charge on any atom is 0.0980 e. The molecule has 1 aromatic carbocycles. The number of benzene rings is 1. The van der Waals surface area contributed by atoms with E-state index in [1.807, 2.05) is 30.3 Å². The van der Waals surface area contributed by atoms with Gasteiger partial charge in [0, 0.05) is 5.56 Å². The molecule has 1 aromatic heterocycles. The molecule has 0 bridgehead atoms. The zero-order chi connectivity index (χ0) is 7.52. The Hall–Kier alpha value is -1.50. The van der Waals surface area contributed by atoms with Crippen molar-refractivity contribution >= 4 is 0 Å². The number of furan rings is 1. The Balaban J connectivity index is 2.46. The second kappa shape index (κ2) is 2.62. The predicted molar refractivity (Wildman–Crippen MR) is 43.0 cm³/mol. The van der Waals surface area contributed by atoms with Crippen molar-refractivity contribution in [3.8, 4) is 11.1 Å². The van der Waals surface area contributed by atoms with Crippen LogP contribution in [0, 0.1) is 6.07 Å². The van der Waals surface area contributed by atoms with E-state index in [1.54, 1.807) is 12.5 Å². The molecular formula is C10H7O. The zero-order valence-corrected chi connectivity index (χ0v) is 5.95. The van der Waals surface area contributed by atoms with Gasteiger partial charge in [-0.25, -0.2) is 0 Å². The first-order valence-electron chi connectivity index (χ1n) is 3.45. The molecule has 0 unspecified atom stereocenters. The first-order chi connectivity index (χ1) is 5.47. The van der Waals surface area contributed by atoms with E-state index in [1.165, 1.54) is 0 Å². The van der Waals surface area contributed by atoms with Crippen molar-refractivity contribution in [1.82, 2.24) is 0 Å². The molecule has 53 valence electrons. The van der Waals surface area contributed by atoms with E-state index >= 15 is 0 Å². The Morgan fingerprint density at radius 2 is 1.82 bits per heavy atom. The molecule has 0 aliphatic carbocycles. The SMILES string of the molecule is [c]1ccc(-c2ccoc2)cc1. The predicted octanol–water partition coefficient (Wildman–Crippen LogP) is 2.75. The summed E-state index contributed by atoms with van der Waals surface area (Å²) < 4.78 is 4.96. The van der Waals surface area contributed by atoms with Crippen LogP contribution < -0.4 is 0 Å². The van der Waals surface area contributed by atoms with Gasteiger partial charge in [0.1, 0.15) is 0 Å². The molecule has 2 aromatic rings. The Bertz CT molecular complexity index is 308. The average molecular weight is 143 g/mol. The largest absolute Gasteiger partial charge is 0.472 e. The van der Waals surface area contributed by atoms with Crippen molar-refractivity contribution in [3.05, 3.63) is 48.9 Å². The first kappa shape index (κ1) is 6.23. The summed E-state index contributed by atoms with van der Waals surface area (Å²) in [6.07, 6.45) is 3.40. The lowest BCUT2D eigenvalue weighted by Gasteiger charge is -1.92. The fraction of sp³-hybridized carbons (Fsp3) is 0. The fourth-order valence-corrected chi connectivity index (χ4v) is 1.01. The van der Waals surface area contributed by atoms with Gasteiger partial charge in [0.05, 0.1) is 12.5 Å². The maximum absolute atomic E-state index is 4.96. The zero-order valence-electron chi connectivity index (χ0n) is 5.95. The topological polar surface area (TPSA) is 13.1 Å². The Kier molecular flexibility index (Phi) is 1.48. The van der Waals surface area contributed by atoms with Crippen LogP contribution >= 0.6 is 0 Å². The second-order valence-corrected chi connectivity index (χ2v) is 2.30. The summed E-state index contributed by atoms with van der Waals surface area (Å²) >= 11 is 0. The van der Waals surface area contributed by atoms with Gasteiger partial charge in [0.2, 0.25) is 0 Å². The van der Waals surface area contributed by atoms with Crippen molar-refractivity contribution in [2.24, 2.45) is 0 Å². The number of hydrogen-bond acceptors (Lipinski definition) is 1. The third-order valence-corrected chi connectivity index (χ3v) is 1.57. The van der Waals surface area contributed by atoms with Crippen LogP contribution in [0.2, 0.25) is 0 Å². The van der Waals surface area contributed by atoms with Crippen LogP contribution in [0.1, 0.15) is 0 Å². The van der Waals surface area contributed by atoms with Gasteiger partial charge in [-0.15, -0.1) is 0 Å². The normalized spacial score (nSPS) is 9.82. The lowest BCUT2D eigenvalue weighted by atomic mass is 10.1. The van der Waals surface area contributed by atoms with Gasteiger partial charge in [-0.05, 0) is 17.7 Å². The van der Waals surface area contributed by atoms with Crippen LogP contribution in [0.4, 0.5) is 0 Å². The third kappa shape index (κ3) is 1.17. The van der Waals surface area contributed by atoms with E-state index in [4.69, 9.17) is 4.42 Å². The van der Waals surface area contributed by atoms with E-state index in [9.17, 15) is 0 Å². The molecule has 1 heteroatoms. The van der Waals surface area contributed by atoms with Crippen molar-refractivity contribution in [3.63, 3.8) is 0 Å². The molecule has 0 atom stereocenters. The van der Waals surface area contributed by atoms with Crippen molar-refractivity contribution in [1.29, 1.82) is 0 Å². The van der Waals surface area contributed by atoms with Gasteiger partial charge in [-0.3, -0.25) is 0 Å². The minimum Gasteiger partial charge on any atom is -0.472 e.